The molecule has 2 rings (SSSR count). The Kier molecular flexibility index (Phi) is 7.37. The lowest BCUT2D eigenvalue weighted by Crippen LogP contribution is -2.29. The first-order chi connectivity index (χ1) is 13.5. The third-order valence-corrected chi connectivity index (χ3v) is 6.01. The van der Waals surface area contributed by atoms with Crippen molar-refractivity contribution in [3.8, 4) is 0 Å². The third kappa shape index (κ3) is 6.53. The number of nitrogens with one attached hydrogen (secondary N) is 1. The van der Waals surface area contributed by atoms with Gasteiger partial charge in [-0.1, -0.05) is 12.1 Å². The lowest BCUT2D eigenvalue weighted by molar-refractivity contribution is -0.137. The highest BCUT2D eigenvalue weighted by molar-refractivity contribution is 7.89. The van der Waals surface area contributed by atoms with Crippen molar-refractivity contribution in [2.24, 2.45) is 0 Å². The van der Waals surface area contributed by atoms with E-state index in [0.29, 0.717) is 5.56 Å². The van der Waals surface area contributed by atoms with Crippen LogP contribution in [0.15, 0.2) is 53.4 Å². The average molecular weight is 432 g/mol. The van der Waals surface area contributed by atoms with Gasteiger partial charge >= 0.3 is 6.18 Å². The molecule has 0 aromatic heterocycles. The summed E-state index contributed by atoms with van der Waals surface area (Å²) in [4.78, 5) is 11.8. The molecule has 0 saturated heterocycles. The van der Waals surface area contributed by atoms with Crippen LogP contribution in [0.2, 0.25) is 0 Å². The van der Waals surface area contributed by atoms with Gasteiger partial charge in [0.2, 0.25) is 15.9 Å². The van der Waals surface area contributed by atoms with Crippen LogP contribution in [0.4, 0.5) is 17.6 Å². The van der Waals surface area contributed by atoms with Gasteiger partial charge in [-0.25, -0.2) is 17.1 Å². The van der Waals surface area contributed by atoms with Gasteiger partial charge in [0, 0.05) is 26.6 Å². The van der Waals surface area contributed by atoms with Crippen molar-refractivity contribution >= 4 is 15.9 Å². The number of halogens is 4. The summed E-state index contributed by atoms with van der Waals surface area (Å²) in [5.41, 5.74) is -0.485. The van der Waals surface area contributed by atoms with Crippen LogP contribution in [0.25, 0.3) is 0 Å². The van der Waals surface area contributed by atoms with Crippen molar-refractivity contribution in [2.45, 2.75) is 30.5 Å². The Hall–Kier alpha value is -2.46. The number of hydrogen-bond acceptors (Lipinski definition) is 3. The molecule has 1 amide bonds. The van der Waals surface area contributed by atoms with Crippen LogP contribution in [0.1, 0.15) is 24.0 Å². The topological polar surface area (TPSA) is 66.5 Å². The van der Waals surface area contributed by atoms with Gasteiger partial charge in [-0.15, -0.1) is 0 Å². The van der Waals surface area contributed by atoms with Crippen LogP contribution in [0.5, 0.6) is 0 Å². The molecule has 0 unspecified atom stereocenters. The van der Waals surface area contributed by atoms with Crippen LogP contribution in [-0.4, -0.2) is 32.2 Å². The molecule has 1 N–H and O–H groups in total. The first kappa shape index (κ1) is 22.8. The fraction of sp³-hybridized carbons (Fsp3) is 0.316. The largest absolute Gasteiger partial charge is 0.416 e. The van der Waals surface area contributed by atoms with Gasteiger partial charge in [-0.05, 0) is 48.4 Å². The van der Waals surface area contributed by atoms with E-state index in [1.807, 2.05) is 0 Å². The summed E-state index contributed by atoms with van der Waals surface area (Å²) in [6, 6.07) is 9.04. The van der Waals surface area contributed by atoms with E-state index in [0.717, 1.165) is 40.7 Å². The number of amides is 1. The number of rotatable bonds is 8. The quantitative estimate of drug-likeness (QED) is 0.649. The Labute approximate surface area is 166 Å². The van der Waals surface area contributed by atoms with E-state index in [4.69, 9.17) is 0 Å². The van der Waals surface area contributed by atoms with E-state index >= 15 is 0 Å². The number of alkyl halides is 3. The molecule has 0 heterocycles. The molecule has 0 saturated carbocycles. The molecule has 0 fully saturated rings. The molecule has 29 heavy (non-hydrogen) atoms. The Balaban J connectivity index is 1.81. The molecule has 0 aliphatic heterocycles. The predicted molar refractivity (Wildman–Crippen MR) is 98.7 cm³/mol. The van der Waals surface area contributed by atoms with E-state index in [1.165, 1.54) is 19.2 Å². The van der Waals surface area contributed by atoms with E-state index in [1.54, 1.807) is 0 Å². The molecule has 0 atom stereocenters. The molecule has 0 spiro atoms. The molecule has 2 aromatic carbocycles. The van der Waals surface area contributed by atoms with Crippen LogP contribution in [0.3, 0.4) is 0 Å². The predicted octanol–water partition coefficient (Wildman–Crippen LogP) is 3.56. The van der Waals surface area contributed by atoms with Crippen molar-refractivity contribution in [1.82, 2.24) is 9.62 Å². The Morgan fingerprint density at radius 1 is 1.10 bits per heavy atom. The van der Waals surface area contributed by atoms with Crippen LogP contribution >= 0.6 is 0 Å². The van der Waals surface area contributed by atoms with Gasteiger partial charge in [-0.3, -0.25) is 4.79 Å². The average Bonchev–Trinajstić information content (AvgIpc) is 2.66. The minimum atomic E-state index is -4.46. The number of benzene rings is 2. The van der Waals surface area contributed by atoms with Gasteiger partial charge < -0.3 is 5.32 Å². The summed E-state index contributed by atoms with van der Waals surface area (Å²) in [6.45, 7) is -0.0108. The van der Waals surface area contributed by atoms with Crippen molar-refractivity contribution in [2.75, 3.05) is 13.6 Å². The van der Waals surface area contributed by atoms with Crippen molar-refractivity contribution in [3.63, 3.8) is 0 Å². The highest BCUT2D eigenvalue weighted by Crippen LogP contribution is 2.29. The van der Waals surface area contributed by atoms with E-state index in [9.17, 15) is 30.8 Å². The maximum absolute atomic E-state index is 12.9. The van der Waals surface area contributed by atoms with E-state index in [-0.39, 0.29) is 30.8 Å². The monoisotopic (exact) mass is 432 g/mol. The number of sulfonamides is 1. The first-order valence-corrected chi connectivity index (χ1v) is 10.1. The van der Waals surface area contributed by atoms with Gasteiger partial charge in [-0.2, -0.15) is 13.2 Å². The minimum absolute atomic E-state index is 0.00222. The summed E-state index contributed by atoms with van der Waals surface area (Å²) in [7, 11) is -2.45. The molecule has 2 aromatic rings. The fourth-order valence-corrected chi connectivity index (χ4v) is 3.72. The summed E-state index contributed by atoms with van der Waals surface area (Å²) < 4.78 is 76.8. The second kappa shape index (κ2) is 9.36. The van der Waals surface area contributed by atoms with Crippen molar-refractivity contribution in [3.05, 3.63) is 65.5 Å². The smallest absolute Gasteiger partial charge is 0.352 e. The van der Waals surface area contributed by atoms with Crippen LogP contribution < -0.4 is 5.32 Å². The van der Waals surface area contributed by atoms with Crippen LogP contribution in [0, 0.1) is 5.82 Å². The summed E-state index contributed by atoms with van der Waals surface area (Å²) in [5, 5.41) is 2.51. The van der Waals surface area contributed by atoms with Gasteiger partial charge in [0.05, 0.1) is 10.5 Å². The van der Waals surface area contributed by atoms with Gasteiger partial charge in [0.1, 0.15) is 5.82 Å². The Morgan fingerprint density at radius 3 is 2.38 bits per heavy atom. The fourth-order valence-electron chi connectivity index (χ4n) is 2.52. The standard InChI is InChI=1S/C19H20F4N2O3S/c1-25(29(27,28)17-9-7-16(20)8-10-17)11-3-6-18(26)24-13-14-4-2-5-15(12-14)19(21,22)23/h2,4-5,7-10,12H,3,6,11,13H2,1H3,(H,24,26). The highest BCUT2D eigenvalue weighted by atomic mass is 32.2. The summed E-state index contributed by atoms with van der Waals surface area (Å²) >= 11 is 0. The molecule has 0 bridgehead atoms. The second-order valence-corrected chi connectivity index (χ2v) is 8.40. The summed E-state index contributed by atoms with van der Waals surface area (Å²) in [5.74, 6) is -0.959. The zero-order valence-corrected chi connectivity index (χ0v) is 16.4. The third-order valence-electron chi connectivity index (χ3n) is 4.14. The van der Waals surface area contributed by atoms with Gasteiger partial charge in [0.25, 0.3) is 0 Å². The molecule has 158 valence electrons. The molecular weight excluding hydrogens is 412 g/mol. The SMILES string of the molecule is CN(CCCC(=O)NCc1cccc(C(F)(F)F)c1)S(=O)(=O)c1ccc(F)cc1. The zero-order chi connectivity index (χ0) is 21.7. The van der Waals surface area contributed by atoms with Crippen molar-refractivity contribution < 1.29 is 30.8 Å². The Morgan fingerprint density at radius 2 is 1.76 bits per heavy atom. The number of nitrogens with zero attached hydrogens (tertiary/aromatic N) is 1. The molecule has 0 aliphatic carbocycles. The lowest BCUT2D eigenvalue weighted by atomic mass is 10.1. The number of carbonyl (C=O) groups excluding carboxylic acids is 1. The number of hydrogen-bond donors (Lipinski definition) is 1. The molecule has 5 nitrogen and oxygen atoms in total. The lowest BCUT2D eigenvalue weighted by Gasteiger charge is -2.17. The van der Waals surface area contributed by atoms with Crippen molar-refractivity contribution in [1.29, 1.82) is 0 Å². The minimum Gasteiger partial charge on any atom is -0.352 e. The molecule has 0 aliphatic rings. The maximum Gasteiger partial charge on any atom is 0.416 e. The molecular formula is C19H20F4N2O3S. The normalized spacial score (nSPS) is 12.2. The molecule has 0 radical (unpaired) electrons. The van der Waals surface area contributed by atoms with E-state index in [2.05, 4.69) is 5.32 Å². The van der Waals surface area contributed by atoms with Crippen LogP contribution in [-0.2, 0) is 27.5 Å². The second-order valence-electron chi connectivity index (χ2n) is 6.36. The molecule has 10 heteroatoms. The zero-order valence-electron chi connectivity index (χ0n) is 15.5. The summed E-state index contributed by atoms with van der Waals surface area (Å²) in [6.07, 6.45) is -4.24. The first-order valence-electron chi connectivity index (χ1n) is 8.65. The van der Waals surface area contributed by atoms with E-state index < -0.39 is 33.5 Å². The highest BCUT2D eigenvalue weighted by Gasteiger charge is 2.30. The number of carbonyl (C=O) groups is 1. The Bertz CT molecular complexity index is 945. The maximum atomic E-state index is 12.9. The van der Waals surface area contributed by atoms with Gasteiger partial charge in [0.15, 0.2) is 0 Å².